The molecule has 0 amide bonds. The van der Waals surface area contributed by atoms with Gasteiger partial charge < -0.3 is 10.8 Å². The largest absolute Gasteiger partial charge is 0.399 e. The van der Waals surface area contributed by atoms with Crippen LogP contribution in [-0.4, -0.2) is 29.1 Å². The maximum Gasteiger partial charge on any atom is 0.0917 e. The molecule has 0 spiro atoms. The predicted octanol–water partition coefficient (Wildman–Crippen LogP) is 2.42. The van der Waals surface area contributed by atoms with Crippen molar-refractivity contribution in [3.63, 3.8) is 0 Å². The van der Waals surface area contributed by atoms with Gasteiger partial charge in [-0.1, -0.05) is 19.1 Å². The predicted molar refractivity (Wildman–Crippen MR) is 72.8 cm³/mol. The van der Waals surface area contributed by atoms with Crippen LogP contribution >= 0.6 is 0 Å². The summed E-state index contributed by atoms with van der Waals surface area (Å²) in [7, 11) is 0. The van der Waals surface area contributed by atoms with Crippen LogP contribution in [0, 0.1) is 0 Å². The van der Waals surface area contributed by atoms with Crippen molar-refractivity contribution in [1.29, 1.82) is 0 Å². The van der Waals surface area contributed by atoms with Gasteiger partial charge in [0.1, 0.15) is 0 Å². The van der Waals surface area contributed by atoms with Gasteiger partial charge in [-0.3, -0.25) is 4.90 Å². The molecule has 1 rings (SSSR count). The number of aliphatic hydroxyl groups is 1. The Morgan fingerprint density at radius 3 is 2.59 bits per heavy atom. The third-order valence-corrected chi connectivity index (χ3v) is 2.94. The Morgan fingerprint density at radius 2 is 2.06 bits per heavy atom. The van der Waals surface area contributed by atoms with E-state index in [1.165, 1.54) is 0 Å². The van der Waals surface area contributed by atoms with E-state index < -0.39 is 6.10 Å². The lowest BCUT2D eigenvalue weighted by atomic mass is 10.1. The smallest absolute Gasteiger partial charge is 0.0917 e. The lowest BCUT2D eigenvalue weighted by Crippen LogP contribution is -2.35. The van der Waals surface area contributed by atoms with Crippen molar-refractivity contribution in [3.05, 3.63) is 29.8 Å². The van der Waals surface area contributed by atoms with E-state index in [1.807, 2.05) is 24.3 Å². The summed E-state index contributed by atoms with van der Waals surface area (Å²) in [5.41, 5.74) is 7.32. The normalized spacial score (nSPS) is 13.3. The number of hydrogen-bond acceptors (Lipinski definition) is 3. The molecule has 0 saturated heterocycles. The maximum atomic E-state index is 10.2. The van der Waals surface area contributed by atoms with Crippen LogP contribution in [0.25, 0.3) is 0 Å². The van der Waals surface area contributed by atoms with Crippen LogP contribution in [0.3, 0.4) is 0 Å². The Bertz CT molecular complexity index is 339. The fourth-order valence-corrected chi connectivity index (χ4v) is 1.94. The zero-order chi connectivity index (χ0) is 12.8. The van der Waals surface area contributed by atoms with Gasteiger partial charge in [-0.2, -0.15) is 0 Å². The Balaban J connectivity index is 2.66. The van der Waals surface area contributed by atoms with Crippen molar-refractivity contribution in [1.82, 2.24) is 4.90 Å². The summed E-state index contributed by atoms with van der Waals surface area (Å²) >= 11 is 0. The number of rotatable bonds is 6. The van der Waals surface area contributed by atoms with Crippen molar-refractivity contribution in [2.45, 2.75) is 39.3 Å². The molecule has 3 nitrogen and oxygen atoms in total. The Labute approximate surface area is 104 Å². The second-order valence-electron chi connectivity index (χ2n) is 4.77. The monoisotopic (exact) mass is 236 g/mol. The number of aliphatic hydroxyl groups excluding tert-OH is 1. The number of nitrogens with zero attached hydrogens (tertiary/aromatic N) is 1. The third-order valence-electron chi connectivity index (χ3n) is 2.94. The number of hydrogen-bond donors (Lipinski definition) is 2. The van der Waals surface area contributed by atoms with Crippen LogP contribution in [-0.2, 0) is 0 Å². The maximum absolute atomic E-state index is 10.2. The fraction of sp³-hybridized carbons (Fsp3) is 0.571. The Hall–Kier alpha value is -1.06. The van der Waals surface area contributed by atoms with E-state index in [-0.39, 0.29) is 0 Å². The van der Waals surface area contributed by atoms with E-state index >= 15 is 0 Å². The zero-order valence-corrected chi connectivity index (χ0v) is 11.1. The van der Waals surface area contributed by atoms with Gasteiger partial charge in [-0.15, -0.1) is 0 Å². The van der Waals surface area contributed by atoms with Gasteiger partial charge in [0.25, 0.3) is 0 Å². The average Bonchev–Trinajstić information content (AvgIpc) is 2.28. The summed E-state index contributed by atoms with van der Waals surface area (Å²) in [6.45, 7) is 8.14. The molecule has 17 heavy (non-hydrogen) atoms. The molecule has 0 radical (unpaired) electrons. The van der Waals surface area contributed by atoms with Gasteiger partial charge in [0.15, 0.2) is 0 Å². The lowest BCUT2D eigenvalue weighted by Gasteiger charge is -2.28. The fourth-order valence-electron chi connectivity index (χ4n) is 1.94. The topological polar surface area (TPSA) is 49.5 Å². The van der Waals surface area contributed by atoms with Gasteiger partial charge in [-0.05, 0) is 44.5 Å². The first-order chi connectivity index (χ1) is 8.04. The van der Waals surface area contributed by atoms with Gasteiger partial charge in [0, 0.05) is 18.3 Å². The standard InChI is InChI=1S/C14H24N2O/c1-4-8-16(11(2)3)10-14(17)12-6-5-7-13(15)9-12/h5-7,9,11,14,17H,4,8,10,15H2,1-3H3. The van der Waals surface area contributed by atoms with E-state index in [4.69, 9.17) is 5.73 Å². The molecular formula is C14H24N2O. The van der Waals surface area contributed by atoms with Gasteiger partial charge >= 0.3 is 0 Å². The van der Waals surface area contributed by atoms with Crippen LogP contribution in [0.15, 0.2) is 24.3 Å². The highest BCUT2D eigenvalue weighted by Gasteiger charge is 2.15. The van der Waals surface area contributed by atoms with E-state index in [0.717, 1.165) is 18.5 Å². The van der Waals surface area contributed by atoms with Crippen LogP contribution in [0.4, 0.5) is 5.69 Å². The molecule has 96 valence electrons. The minimum Gasteiger partial charge on any atom is -0.399 e. The summed E-state index contributed by atoms with van der Waals surface area (Å²) in [5, 5.41) is 10.2. The molecule has 0 saturated carbocycles. The highest BCUT2D eigenvalue weighted by atomic mass is 16.3. The number of nitrogens with two attached hydrogens (primary N) is 1. The molecule has 1 unspecified atom stereocenters. The molecule has 0 fully saturated rings. The molecule has 0 aliphatic rings. The van der Waals surface area contributed by atoms with E-state index in [1.54, 1.807) is 0 Å². The quantitative estimate of drug-likeness (QED) is 0.746. The summed E-state index contributed by atoms with van der Waals surface area (Å²) in [6, 6.07) is 7.93. The molecule has 1 atom stereocenters. The summed E-state index contributed by atoms with van der Waals surface area (Å²) in [5.74, 6) is 0. The van der Waals surface area contributed by atoms with Crippen molar-refractivity contribution in [3.8, 4) is 0 Å². The minimum absolute atomic E-state index is 0.450. The van der Waals surface area contributed by atoms with Crippen LogP contribution in [0.1, 0.15) is 38.9 Å². The highest BCUT2D eigenvalue weighted by molar-refractivity contribution is 5.41. The molecule has 3 N–H and O–H groups in total. The molecule has 0 aliphatic carbocycles. The molecule has 0 heterocycles. The Morgan fingerprint density at radius 1 is 1.35 bits per heavy atom. The number of anilines is 1. The second-order valence-corrected chi connectivity index (χ2v) is 4.77. The first-order valence-electron chi connectivity index (χ1n) is 6.32. The van der Waals surface area contributed by atoms with Gasteiger partial charge in [0.05, 0.1) is 6.10 Å². The highest BCUT2D eigenvalue weighted by Crippen LogP contribution is 2.18. The van der Waals surface area contributed by atoms with Crippen LogP contribution in [0.5, 0.6) is 0 Å². The number of benzene rings is 1. The van der Waals surface area contributed by atoms with Crippen molar-refractivity contribution >= 4 is 5.69 Å². The zero-order valence-electron chi connectivity index (χ0n) is 11.1. The third kappa shape index (κ3) is 4.36. The molecule has 3 heteroatoms. The van der Waals surface area contributed by atoms with Gasteiger partial charge in [-0.25, -0.2) is 0 Å². The van der Waals surface area contributed by atoms with E-state index in [2.05, 4.69) is 25.7 Å². The number of nitrogen functional groups attached to an aromatic ring is 1. The van der Waals surface area contributed by atoms with Gasteiger partial charge in [0.2, 0.25) is 0 Å². The van der Waals surface area contributed by atoms with Crippen molar-refractivity contribution < 1.29 is 5.11 Å². The molecule has 0 bridgehead atoms. The summed E-state index contributed by atoms with van der Waals surface area (Å²) in [6.07, 6.45) is 0.634. The first-order valence-corrected chi connectivity index (χ1v) is 6.32. The van der Waals surface area contributed by atoms with Crippen LogP contribution in [0.2, 0.25) is 0 Å². The van der Waals surface area contributed by atoms with Crippen molar-refractivity contribution in [2.75, 3.05) is 18.8 Å². The molecule has 0 aromatic heterocycles. The van der Waals surface area contributed by atoms with Crippen LogP contribution < -0.4 is 5.73 Å². The summed E-state index contributed by atoms with van der Waals surface area (Å²) < 4.78 is 0. The summed E-state index contributed by atoms with van der Waals surface area (Å²) in [4.78, 5) is 2.29. The second kappa shape index (κ2) is 6.62. The molecule has 1 aromatic rings. The van der Waals surface area contributed by atoms with E-state index in [0.29, 0.717) is 18.3 Å². The minimum atomic E-state index is -0.465. The first kappa shape index (κ1) is 14.0. The average molecular weight is 236 g/mol. The molecular weight excluding hydrogens is 212 g/mol. The Kier molecular flexibility index (Phi) is 5.45. The lowest BCUT2D eigenvalue weighted by molar-refractivity contribution is 0.0956. The molecule has 1 aromatic carbocycles. The van der Waals surface area contributed by atoms with Crippen molar-refractivity contribution in [2.24, 2.45) is 0 Å². The SMILES string of the molecule is CCCN(CC(O)c1cccc(N)c1)C(C)C. The van der Waals surface area contributed by atoms with E-state index in [9.17, 15) is 5.11 Å². The molecule has 0 aliphatic heterocycles.